The first-order chi connectivity index (χ1) is 11.1. The van der Waals surface area contributed by atoms with Crippen molar-refractivity contribution in [2.24, 2.45) is 5.92 Å². The van der Waals surface area contributed by atoms with Crippen molar-refractivity contribution in [3.05, 3.63) is 35.4 Å². The molecule has 1 saturated heterocycles. The van der Waals surface area contributed by atoms with Crippen LogP contribution in [-0.2, 0) is 11.3 Å². The number of benzene rings is 1. The molecule has 1 aromatic carbocycles. The second-order valence-corrected chi connectivity index (χ2v) is 6.77. The van der Waals surface area contributed by atoms with Gasteiger partial charge >= 0.3 is 0 Å². The summed E-state index contributed by atoms with van der Waals surface area (Å²) in [4.78, 5) is 16.7. The Kier molecular flexibility index (Phi) is 7.06. The van der Waals surface area contributed by atoms with E-state index in [0.29, 0.717) is 25.4 Å². The average molecular weight is 318 g/mol. The second-order valence-electron chi connectivity index (χ2n) is 6.77. The number of amides is 1. The molecule has 0 radical (unpaired) electrons. The molecule has 1 N–H and O–H groups in total. The van der Waals surface area contributed by atoms with Crippen molar-refractivity contribution in [1.82, 2.24) is 9.80 Å². The molecular formula is C19H30N2O2. The van der Waals surface area contributed by atoms with Crippen molar-refractivity contribution in [3.8, 4) is 0 Å². The molecule has 1 aromatic rings. The van der Waals surface area contributed by atoms with E-state index in [4.69, 9.17) is 0 Å². The highest BCUT2D eigenvalue weighted by Crippen LogP contribution is 2.21. The third-order valence-corrected chi connectivity index (χ3v) is 4.83. The van der Waals surface area contributed by atoms with Crippen LogP contribution in [0.4, 0.5) is 0 Å². The summed E-state index contributed by atoms with van der Waals surface area (Å²) < 4.78 is 0. The molecule has 1 fully saturated rings. The number of aliphatic hydroxyl groups excluding tert-OH is 1. The summed E-state index contributed by atoms with van der Waals surface area (Å²) in [7, 11) is 2.16. The third-order valence-electron chi connectivity index (χ3n) is 4.83. The molecule has 0 spiro atoms. The highest BCUT2D eigenvalue weighted by Gasteiger charge is 2.20. The van der Waals surface area contributed by atoms with Gasteiger partial charge in [0.2, 0.25) is 5.91 Å². The number of rotatable bonds is 7. The van der Waals surface area contributed by atoms with Crippen LogP contribution in [0, 0.1) is 12.8 Å². The SMILES string of the molecule is Cc1ccccc1CN(CCO)C(=O)CCC1CCCN(C)C1. The first kappa shape index (κ1) is 18.0. The molecule has 0 saturated carbocycles. The molecule has 4 heteroatoms. The lowest BCUT2D eigenvalue weighted by Crippen LogP contribution is -2.35. The zero-order chi connectivity index (χ0) is 16.7. The van der Waals surface area contributed by atoms with Crippen molar-refractivity contribution in [1.29, 1.82) is 0 Å². The number of carbonyl (C=O) groups is 1. The van der Waals surface area contributed by atoms with E-state index in [2.05, 4.69) is 31.0 Å². The van der Waals surface area contributed by atoms with Crippen molar-refractivity contribution in [2.45, 2.75) is 39.2 Å². The fraction of sp³-hybridized carbons (Fsp3) is 0.632. The van der Waals surface area contributed by atoms with Gasteiger partial charge in [0, 0.05) is 26.1 Å². The van der Waals surface area contributed by atoms with Crippen molar-refractivity contribution < 1.29 is 9.90 Å². The third kappa shape index (κ3) is 5.63. The number of hydrogen-bond donors (Lipinski definition) is 1. The summed E-state index contributed by atoms with van der Waals surface area (Å²) in [5.41, 5.74) is 2.35. The Hall–Kier alpha value is -1.39. The predicted octanol–water partition coefficient (Wildman–Crippen LogP) is 2.44. The Labute approximate surface area is 140 Å². The van der Waals surface area contributed by atoms with Gasteiger partial charge in [0.25, 0.3) is 0 Å². The van der Waals surface area contributed by atoms with Crippen LogP contribution in [0.3, 0.4) is 0 Å². The first-order valence-corrected chi connectivity index (χ1v) is 8.72. The zero-order valence-corrected chi connectivity index (χ0v) is 14.5. The Morgan fingerprint density at radius 3 is 2.87 bits per heavy atom. The number of piperidine rings is 1. The normalized spacial score (nSPS) is 18.8. The minimum absolute atomic E-state index is 0.0176. The van der Waals surface area contributed by atoms with Gasteiger partial charge in [-0.25, -0.2) is 0 Å². The van der Waals surface area contributed by atoms with Crippen LogP contribution < -0.4 is 0 Å². The molecular weight excluding hydrogens is 288 g/mol. The van der Waals surface area contributed by atoms with Crippen molar-refractivity contribution in [3.63, 3.8) is 0 Å². The highest BCUT2D eigenvalue weighted by atomic mass is 16.3. The zero-order valence-electron chi connectivity index (χ0n) is 14.5. The molecule has 1 heterocycles. The van der Waals surface area contributed by atoms with E-state index in [1.807, 2.05) is 12.1 Å². The maximum absolute atomic E-state index is 12.6. The minimum atomic E-state index is 0.0176. The quantitative estimate of drug-likeness (QED) is 0.840. The van der Waals surface area contributed by atoms with Gasteiger partial charge in [-0.2, -0.15) is 0 Å². The lowest BCUT2D eigenvalue weighted by Gasteiger charge is -2.30. The van der Waals surface area contributed by atoms with E-state index in [0.717, 1.165) is 18.5 Å². The minimum Gasteiger partial charge on any atom is -0.395 e. The summed E-state index contributed by atoms with van der Waals surface area (Å²) >= 11 is 0. The molecule has 2 rings (SSSR count). The predicted molar refractivity (Wildman–Crippen MR) is 93.1 cm³/mol. The number of nitrogens with zero attached hydrogens (tertiary/aromatic N) is 2. The molecule has 4 nitrogen and oxygen atoms in total. The van der Waals surface area contributed by atoms with Crippen LogP contribution in [0.5, 0.6) is 0 Å². The monoisotopic (exact) mass is 318 g/mol. The molecule has 1 aliphatic heterocycles. The van der Waals surface area contributed by atoms with E-state index in [9.17, 15) is 9.90 Å². The summed E-state index contributed by atoms with van der Waals surface area (Å²) in [5.74, 6) is 0.794. The van der Waals surface area contributed by atoms with Crippen molar-refractivity contribution in [2.75, 3.05) is 33.3 Å². The van der Waals surface area contributed by atoms with Crippen LogP contribution in [0.25, 0.3) is 0 Å². The van der Waals surface area contributed by atoms with Crippen LogP contribution in [0.1, 0.15) is 36.8 Å². The number of hydrogen-bond acceptors (Lipinski definition) is 3. The largest absolute Gasteiger partial charge is 0.395 e. The topological polar surface area (TPSA) is 43.8 Å². The van der Waals surface area contributed by atoms with Crippen LogP contribution in [0.15, 0.2) is 24.3 Å². The Morgan fingerprint density at radius 1 is 1.39 bits per heavy atom. The average Bonchev–Trinajstić information content (AvgIpc) is 2.54. The number of likely N-dealkylation sites (tertiary alicyclic amines) is 1. The van der Waals surface area contributed by atoms with Gasteiger partial charge in [-0.05, 0) is 56.8 Å². The van der Waals surface area contributed by atoms with E-state index < -0.39 is 0 Å². The maximum atomic E-state index is 12.6. The molecule has 1 atom stereocenters. The summed E-state index contributed by atoms with van der Waals surface area (Å²) in [6.07, 6.45) is 4.01. The Bertz CT molecular complexity index is 504. The van der Waals surface area contributed by atoms with Gasteiger partial charge in [-0.1, -0.05) is 24.3 Å². The maximum Gasteiger partial charge on any atom is 0.222 e. The lowest BCUT2D eigenvalue weighted by atomic mass is 9.93. The second kappa shape index (κ2) is 9.04. The van der Waals surface area contributed by atoms with E-state index in [1.165, 1.54) is 24.9 Å². The van der Waals surface area contributed by atoms with E-state index in [1.54, 1.807) is 4.90 Å². The fourth-order valence-electron chi connectivity index (χ4n) is 3.40. The van der Waals surface area contributed by atoms with Gasteiger partial charge < -0.3 is 14.9 Å². The van der Waals surface area contributed by atoms with E-state index in [-0.39, 0.29) is 12.5 Å². The van der Waals surface area contributed by atoms with Gasteiger partial charge in [0.1, 0.15) is 0 Å². The van der Waals surface area contributed by atoms with E-state index >= 15 is 0 Å². The standard InChI is InChI=1S/C19H30N2O2/c1-16-6-3-4-8-18(16)15-21(12-13-22)19(23)10-9-17-7-5-11-20(2)14-17/h3-4,6,8,17,22H,5,7,9-15H2,1-2H3. The number of aliphatic hydroxyl groups is 1. The molecule has 1 unspecified atom stereocenters. The van der Waals surface area contributed by atoms with Gasteiger partial charge in [-0.15, -0.1) is 0 Å². The molecule has 0 aliphatic carbocycles. The summed E-state index contributed by atoms with van der Waals surface area (Å²) in [5, 5.41) is 9.28. The van der Waals surface area contributed by atoms with Crippen LogP contribution in [-0.4, -0.2) is 54.1 Å². The summed E-state index contributed by atoms with van der Waals surface area (Å²) in [6, 6.07) is 8.14. The van der Waals surface area contributed by atoms with Crippen molar-refractivity contribution >= 4 is 5.91 Å². The number of aryl methyl sites for hydroxylation is 1. The van der Waals surface area contributed by atoms with Crippen LogP contribution in [0.2, 0.25) is 0 Å². The molecule has 0 bridgehead atoms. The number of carbonyl (C=O) groups excluding carboxylic acids is 1. The van der Waals surface area contributed by atoms with Crippen LogP contribution >= 0.6 is 0 Å². The molecule has 1 aliphatic rings. The first-order valence-electron chi connectivity index (χ1n) is 8.72. The molecule has 1 amide bonds. The smallest absolute Gasteiger partial charge is 0.222 e. The van der Waals surface area contributed by atoms with Gasteiger partial charge in [0.05, 0.1) is 6.61 Å². The van der Waals surface area contributed by atoms with Gasteiger partial charge in [-0.3, -0.25) is 4.79 Å². The fourth-order valence-corrected chi connectivity index (χ4v) is 3.40. The molecule has 128 valence electrons. The summed E-state index contributed by atoms with van der Waals surface area (Å²) in [6.45, 7) is 5.37. The molecule has 0 aromatic heterocycles. The Balaban J connectivity index is 1.89. The van der Waals surface area contributed by atoms with Gasteiger partial charge in [0.15, 0.2) is 0 Å². The highest BCUT2D eigenvalue weighted by molar-refractivity contribution is 5.76. The lowest BCUT2D eigenvalue weighted by molar-refractivity contribution is -0.132. The Morgan fingerprint density at radius 2 is 2.17 bits per heavy atom. The molecule has 23 heavy (non-hydrogen) atoms.